The van der Waals surface area contributed by atoms with E-state index in [4.69, 9.17) is 16.6 Å². The molecule has 1 atom stereocenters. The average Bonchev–Trinajstić information content (AvgIpc) is 2.15. The largest absolute Gasteiger partial charge is 0.480 e. The summed E-state index contributed by atoms with van der Waals surface area (Å²) in [6.07, 6.45) is 0.778. The molecule has 0 aliphatic rings. The number of hydrogen-bond acceptors (Lipinski definition) is 5. The van der Waals surface area contributed by atoms with Crippen LogP contribution in [0.4, 0.5) is 0 Å². The number of carboxylic acids is 1. The van der Waals surface area contributed by atoms with Gasteiger partial charge >= 0.3 is 5.97 Å². The van der Waals surface area contributed by atoms with Gasteiger partial charge in [0, 0.05) is 19.6 Å². The first-order valence-corrected chi connectivity index (χ1v) is 4.79. The third kappa shape index (κ3) is 6.79. The second kappa shape index (κ2) is 8.89. The summed E-state index contributed by atoms with van der Waals surface area (Å²) in [7, 11) is 0. The maximum Gasteiger partial charge on any atom is 0.322 e. The Morgan fingerprint density at radius 3 is 2.50 bits per heavy atom. The molecule has 0 aromatic carbocycles. The zero-order valence-electron chi connectivity index (χ0n) is 8.33. The van der Waals surface area contributed by atoms with E-state index in [9.17, 15) is 4.79 Å². The molecule has 0 rings (SSSR count). The lowest BCUT2D eigenvalue weighted by Gasteiger charge is -2.14. The van der Waals surface area contributed by atoms with E-state index in [0.717, 1.165) is 6.42 Å². The summed E-state index contributed by atoms with van der Waals surface area (Å²) in [4.78, 5) is 10.7. The number of hydrogen-bond donors (Lipinski definition) is 5. The molecule has 6 heteroatoms. The van der Waals surface area contributed by atoms with E-state index in [1.54, 1.807) is 0 Å². The normalized spacial score (nSPS) is 12.7. The molecule has 0 spiro atoms. The van der Waals surface area contributed by atoms with Crippen molar-refractivity contribution in [2.75, 3.05) is 32.7 Å². The maximum absolute atomic E-state index is 10.7. The predicted octanol–water partition coefficient (Wildman–Crippen LogP) is -2.07. The van der Waals surface area contributed by atoms with Gasteiger partial charge in [0.15, 0.2) is 0 Å². The minimum absolute atomic E-state index is 0.386. The molecule has 0 aromatic heterocycles. The minimum Gasteiger partial charge on any atom is -0.480 e. The van der Waals surface area contributed by atoms with Gasteiger partial charge in [0.25, 0.3) is 0 Å². The topological polar surface area (TPSA) is 113 Å². The second-order valence-electron chi connectivity index (χ2n) is 2.98. The van der Waals surface area contributed by atoms with Crippen LogP contribution in [0, 0.1) is 0 Å². The molecule has 0 bridgehead atoms. The van der Waals surface area contributed by atoms with Crippen LogP contribution in [0.5, 0.6) is 0 Å². The number of carbonyl (C=O) groups is 1. The average molecular weight is 204 g/mol. The summed E-state index contributed by atoms with van der Waals surface area (Å²) < 4.78 is 0. The highest BCUT2D eigenvalue weighted by molar-refractivity contribution is 5.73. The van der Waals surface area contributed by atoms with Gasteiger partial charge in [-0.1, -0.05) is 0 Å². The number of rotatable bonds is 9. The second-order valence-corrected chi connectivity index (χ2v) is 2.98. The predicted molar refractivity (Wildman–Crippen MR) is 55.0 cm³/mol. The van der Waals surface area contributed by atoms with Crippen molar-refractivity contribution in [1.82, 2.24) is 10.6 Å². The van der Waals surface area contributed by atoms with E-state index in [1.165, 1.54) is 0 Å². The summed E-state index contributed by atoms with van der Waals surface area (Å²) in [6.45, 7) is 2.71. The molecule has 6 nitrogen and oxygen atoms in total. The molecular weight excluding hydrogens is 184 g/mol. The standard InChI is InChI=1S/C8H20N4O2/c9-2-1-4-12-7(8(13)14)6-11-5-3-10/h7,11-12H,1-6,9-10H2,(H,13,14). The monoisotopic (exact) mass is 204 g/mol. The molecule has 0 amide bonds. The molecule has 0 aliphatic heterocycles. The van der Waals surface area contributed by atoms with E-state index in [-0.39, 0.29) is 0 Å². The van der Waals surface area contributed by atoms with Crippen molar-refractivity contribution in [3.63, 3.8) is 0 Å². The smallest absolute Gasteiger partial charge is 0.322 e. The maximum atomic E-state index is 10.7. The van der Waals surface area contributed by atoms with Crippen LogP contribution < -0.4 is 22.1 Å². The van der Waals surface area contributed by atoms with Gasteiger partial charge in [0.1, 0.15) is 6.04 Å². The highest BCUT2D eigenvalue weighted by atomic mass is 16.4. The van der Waals surface area contributed by atoms with Crippen LogP contribution in [-0.4, -0.2) is 49.8 Å². The molecule has 7 N–H and O–H groups in total. The van der Waals surface area contributed by atoms with Gasteiger partial charge in [-0.2, -0.15) is 0 Å². The van der Waals surface area contributed by atoms with Crippen molar-refractivity contribution in [1.29, 1.82) is 0 Å². The van der Waals surface area contributed by atoms with E-state index in [1.807, 2.05) is 0 Å². The Morgan fingerprint density at radius 1 is 1.29 bits per heavy atom. The van der Waals surface area contributed by atoms with Gasteiger partial charge in [-0.3, -0.25) is 4.79 Å². The van der Waals surface area contributed by atoms with E-state index >= 15 is 0 Å². The third-order valence-corrected chi connectivity index (χ3v) is 1.74. The summed E-state index contributed by atoms with van der Waals surface area (Å²) in [5, 5.41) is 14.6. The number of aliphatic carboxylic acids is 1. The molecule has 0 saturated carbocycles. The summed E-state index contributed by atoms with van der Waals surface area (Å²) >= 11 is 0. The molecule has 0 fully saturated rings. The van der Waals surface area contributed by atoms with E-state index < -0.39 is 12.0 Å². The molecule has 0 aromatic rings. The molecule has 0 aliphatic carbocycles. The highest BCUT2D eigenvalue weighted by Crippen LogP contribution is 1.83. The van der Waals surface area contributed by atoms with Gasteiger partial charge in [0.2, 0.25) is 0 Å². The summed E-state index contributed by atoms with van der Waals surface area (Å²) in [5.41, 5.74) is 10.6. The van der Waals surface area contributed by atoms with Gasteiger partial charge in [-0.15, -0.1) is 0 Å². The van der Waals surface area contributed by atoms with Crippen molar-refractivity contribution in [2.24, 2.45) is 11.5 Å². The number of nitrogens with one attached hydrogen (secondary N) is 2. The Hall–Kier alpha value is -0.690. The zero-order valence-corrected chi connectivity index (χ0v) is 8.33. The lowest BCUT2D eigenvalue weighted by molar-refractivity contribution is -0.139. The molecule has 0 heterocycles. The van der Waals surface area contributed by atoms with Gasteiger partial charge in [0.05, 0.1) is 0 Å². The number of carboxylic acid groups (broad SMARTS) is 1. The Labute approximate surface area is 84.0 Å². The van der Waals surface area contributed by atoms with Crippen LogP contribution in [0.25, 0.3) is 0 Å². The minimum atomic E-state index is -0.855. The summed E-state index contributed by atoms with van der Waals surface area (Å²) in [5.74, 6) is -0.855. The van der Waals surface area contributed by atoms with Crippen LogP contribution >= 0.6 is 0 Å². The van der Waals surface area contributed by atoms with Crippen LogP contribution in [0.1, 0.15) is 6.42 Å². The molecule has 0 saturated heterocycles. The van der Waals surface area contributed by atoms with Crippen molar-refractivity contribution in [3.05, 3.63) is 0 Å². The first-order valence-electron chi connectivity index (χ1n) is 4.79. The fourth-order valence-corrected chi connectivity index (χ4v) is 0.974. The fraction of sp³-hybridized carbons (Fsp3) is 0.875. The molecule has 84 valence electrons. The molecular formula is C8H20N4O2. The first-order chi connectivity index (χ1) is 6.72. The Balaban J connectivity index is 3.61. The van der Waals surface area contributed by atoms with E-state index in [0.29, 0.717) is 32.7 Å². The van der Waals surface area contributed by atoms with Crippen molar-refractivity contribution < 1.29 is 9.90 Å². The van der Waals surface area contributed by atoms with Gasteiger partial charge in [-0.05, 0) is 19.5 Å². The fourth-order valence-electron chi connectivity index (χ4n) is 0.974. The lowest BCUT2D eigenvalue weighted by atomic mass is 10.2. The lowest BCUT2D eigenvalue weighted by Crippen LogP contribution is -2.46. The van der Waals surface area contributed by atoms with Gasteiger partial charge < -0.3 is 27.2 Å². The van der Waals surface area contributed by atoms with Crippen LogP contribution in [0.15, 0.2) is 0 Å². The molecule has 0 radical (unpaired) electrons. The SMILES string of the molecule is NCCCNC(CNCCN)C(=O)O. The highest BCUT2D eigenvalue weighted by Gasteiger charge is 2.14. The van der Waals surface area contributed by atoms with Crippen molar-refractivity contribution in [2.45, 2.75) is 12.5 Å². The Bertz CT molecular complexity index is 144. The van der Waals surface area contributed by atoms with Gasteiger partial charge in [-0.25, -0.2) is 0 Å². The van der Waals surface area contributed by atoms with Crippen molar-refractivity contribution in [3.8, 4) is 0 Å². The van der Waals surface area contributed by atoms with E-state index in [2.05, 4.69) is 10.6 Å². The van der Waals surface area contributed by atoms with Crippen LogP contribution in [0.2, 0.25) is 0 Å². The zero-order chi connectivity index (χ0) is 10.8. The van der Waals surface area contributed by atoms with Crippen molar-refractivity contribution >= 4 is 5.97 Å². The first kappa shape index (κ1) is 13.3. The van der Waals surface area contributed by atoms with Crippen LogP contribution in [-0.2, 0) is 4.79 Å². The molecule has 1 unspecified atom stereocenters. The number of nitrogens with two attached hydrogens (primary N) is 2. The summed E-state index contributed by atoms with van der Waals surface area (Å²) in [6, 6.07) is -0.562. The third-order valence-electron chi connectivity index (χ3n) is 1.74. The Kier molecular flexibility index (Phi) is 8.45. The molecule has 14 heavy (non-hydrogen) atoms. The van der Waals surface area contributed by atoms with Crippen LogP contribution in [0.3, 0.4) is 0 Å². The Morgan fingerprint density at radius 2 is 2.00 bits per heavy atom. The quantitative estimate of drug-likeness (QED) is 0.276.